The number of hydrogen-bond acceptors (Lipinski definition) is 5. The maximum absolute atomic E-state index is 12.6. The zero-order valence-electron chi connectivity index (χ0n) is 20.3. The number of aromatic hydroxyl groups is 1. The average molecular weight is 474 g/mol. The van der Waals surface area contributed by atoms with Crippen LogP contribution in [-0.4, -0.2) is 46.2 Å². The molecule has 1 heterocycles. The number of ether oxygens (including phenoxy) is 1. The van der Waals surface area contributed by atoms with Crippen LogP contribution in [0.1, 0.15) is 56.0 Å². The molecule has 7 heteroatoms. The Hall–Kier alpha value is -3.87. The molecule has 1 saturated heterocycles. The predicted molar refractivity (Wildman–Crippen MR) is 137 cm³/mol. The van der Waals surface area contributed by atoms with Gasteiger partial charge in [-0.3, -0.25) is 9.59 Å². The number of benzene rings is 3. The molecule has 0 spiro atoms. The second-order valence-corrected chi connectivity index (χ2v) is 9.06. The monoisotopic (exact) mass is 473 g/mol. The number of carbonyl (C=O) groups is 2. The lowest BCUT2D eigenvalue weighted by atomic mass is 9.97. The van der Waals surface area contributed by atoms with E-state index in [-0.39, 0.29) is 36.3 Å². The SMILES string of the molecule is C/C(=N/NC(=O)c1ccc(OCC(=O)N2C(C)CCCC2C)cc1)c1ccc2ccccc2c1O. The summed E-state index contributed by atoms with van der Waals surface area (Å²) < 4.78 is 5.68. The molecular weight excluding hydrogens is 442 g/mol. The van der Waals surface area contributed by atoms with E-state index in [0.717, 1.165) is 30.0 Å². The Kier molecular flexibility index (Phi) is 7.34. The number of nitrogens with one attached hydrogen (secondary N) is 1. The fourth-order valence-electron chi connectivity index (χ4n) is 4.64. The minimum absolute atomic E-state index is 0.0201. The molecule has 0 saturated carbocycles. The summed E-state index contributed by atoms with van der Waals surface area (Å²) >= 11 is 0. The second kappa shape index (κ2) is 10.6. The molecule has 0 radical (unpaired) electrons. The molecule has 1 fully saturated rings. The summed E-state index contributed by atoms with van der Waals surface area (Å²) in [7, 11) is 0. The number of phenolic OH excluding ortho intramolecular Hbond substituents is 1. The number of hydrazone groups is 1. The van der Waals surface area contributed by atoms with Gasteiger partial charge < -0.3 is 14.7 Å². The van der Waals surface area contributed by atoms with E-state index in [9.17, 15) is 14.7 Å². The molecule has 3 aromatic carbocycles. The molecule has 3 aromatic rings. The van der Waals surface area contributed by atoms with Gasteiger partial charge >= 0.3 is 0 Å². The summed E-state index contributed by atoms with van der Waals surface area (Å²) in [5, 5.41) is 16.4. The van der Waals surface area contributed by atoms with Gasteiger partial charge in [0.25, 0.3) is 11.8 Å². The number of likely N-dealkylation sites (tertiary alicyclic amines) is 1. The first-order chi connectivity index (χ1) is 16.8. The van der Waals surface area contributed by atoms with Crippen molar-refractivity contribution in [2.45, 2.75) is 52.1 Å². The van der Waals surface area contributed by atoms with Gasteiger partial charge in [-0.1, -0.05) is 30.3 Å². The molecule has 2 amide bonds. The van der Waals surface area contributed by atoms with Crippen LogP contribution in [0, 0.1) is 0 Å². The molecule has 2 unspecified atom stereocenters. The Balaban J connectivity index is 1.35. The van der Waals surface area contributed by atoms with E-state index in [1.807, 2.05) is 35.2 Å². The Morgan fingerprint density at radius 3 is 2.43 bits per heavy atom. The first kappa shape index (κ1) is 24.3. The molecule has 7 nitrogen and oxygen atoms in total. The van der Waals surface area contributed by atoms with Crippen LogP contribution in [0.15, 0.2) is 65.8 Å². The quantitative estimate of drug-likeness (QED) is 0.395. The van der Waals surface area contributed by atoms with E-state index >= 15 is 0 Å². The third kappa shape index (κ3) is 5.45. The highest BCUT2D eigenvalue weighted by Gasteiger charge is 2.29. The van der Waals surface area contributed by atoms with Crippen molar-refractivity contribution < 1.29 is 19.4 Å². The van der Waals surface area contributed by atoms with Gasteiger partial charge in [0.15, 0.2) is 6.61 Å². The Morgan fingerprint density at radius 1 is 1.03 bits per heavy atom. The van der Waals surface area contributed by atoms with E-state index < -0.39 is 0 Å². The molecule has 0 aliphatic carbocycles. The number of piperidine rings is 1. The summed E-state index contributed by atoms with van der Waals surface area (Å²) in [5.74, 6) is 0.243. The van der Waals surface area contributed by atoms with E-state index in [1.54, 1.807) is 37.3 Å². The predicted octanol–water partition coefficient (Wildman–Crippen LogP) is 4.87. The van der Waals surface area contributed by atoms with E-state index in [2.05, 4.69) is 24.4 Å². The summed E-state index contributed by atoms with van der Waals surface area (Å²) in [6, 6.07) is 18.2. The third-order valence-corrected chi connectivity index (χ3v) is 6.58. The molecule has 2 atom stereocenters. The lowest BCUT2D eigenvalue weighted by molar-refractivity contribution is -0.139. The lowest BCUT2D eigenvalue weighted by Crippen LogP contribution is -2.49. The lowest BCUT2D eigenvalue weighted by Gasteiger charge is -2.38. The minimum Gasteiger partial charge on any atom is -0.507 e. The first-order valence-corrected chi connectivity index (χ1v) is 11.9. The number of rotatable bonds is 6. The van der Waals surface area contributed by atoms with Crippen molar-refractivity contribution in [2.75, 3.05) is 6.61 Å². The maximum Gasteiger partial charge on any atom is 0.271 e. The van der Waals surface area contributed by atoms with Gasteiger partial charge in [-0.25, -0.2) is 5.43 Å². The van der Waals surface area contributed by atoms with Crippen molar-refractivity contribution in [1.82, 2.24) is 10.3 Å². The molecule has 35 heavy (non-hydrogen) atoms. The minimum atomic E-state index is -0.386. The molecule has 4 rings (SSSR count). The molecule has 0 bridgehead atoms. The van der Waals surface area contributed by atoms with Crippen molar-refractivity contribution in [3.63, 3.8) is 0 Å². The molecular formula is C28H31N3O4. The fourth-order valence-corrected chi connectivity index (χ4v) is 4.64. The molecule has 182 valence electrons. The second-order valence-electron chi connectivity index (χ2n) is 9.06. The van der Waals surface area contributed by atoms with Gasteiger partial charge in [0, 0.05) is 28.6 Å². The van der Waals surface area contributed by atoms with Crippen molar-refractivity contribution in [1.29, 1.82) is 0 Å². The highest BCUT2D eigenvalue weighted by molar-refractivity contribution is 6.07. The third-order valence-electron chi connectivity index (χ3n) is 6.58. The highest BCUT2D eigenvalue weighted by Crippen LogP contribution is 2.29. The summed E-state index contributed by atoms with van der Waals surface area (Å²) in [6.07, 6.45) is 3.17. The number of amides is 2. The van der Waals surface area contributed by atoms with E-state index in [0.29, 0.717) is 22.6 Å². The number of nitrogens with zero attached hydrogens (tertiary/aromatic N) is 2. The van der Waals surface area contributed by atoms with Gasteiger partial charge in [0.05, 0.1) is 5.71 Å². The van der Waals surface area contributed by atoms with Crippen molar-refractivity contribution in [3.05, 3.63) is 71.8 Å². The number of carbonyl (C=O) groups excluding carboxylic acids is 2. The van der Waals surface area contributed by atoms with Crippen LogP contribution in [0.5, 0.6) is 11.5 Å². The molecule has 1 aliphatic rings. The average Bonchev–Trinajstić information content (AvgIpc) is 2.86. The summed E-state index contributed by atoms with van der Waals surface area (Å²) in [4.78, 5) is 27.1. The highest BCUT2D eigenvalue weighted by atomic mass is 16.5. The number of phenols is 1. The zero-order valence-corrected chi connectivity index (χ0v) is 20.3. The Morgan fingerprint density at radius 2 is 1.71 bits per heavy atom. The molecule has 1 aliphatic heterocycles. The van der Waals surface area contributed by atoms with Crippen LogP contribution < -0.4 is 10.2 Å². The summed E-state index contributed by atoms with van der Waals surface area (Å²) in [6.45, 7) is 5.85. The maximum atomic E-state index is 12.6. The Bertz CT molecular complexity index is 1240. The van der Waals surface area contributed by atoms with Crippen LogP contribution in [0.25, 0.3) is 10.8 Å². The largest absolute Gasteiger partial charge is 0.507 e. The molecule has 0 aromatic heterocycles. The zero-order chi connectivity index (χ0) is 24.9. The normalized spacial score (nSPS) is 18.4. The number of fused-ring (bicyclic) bond motifs is 1. The van der Waals surface area contributed by atoms with E-state index in [4.69, 9.17) is 4.74 Å². The van der Waals surface area contributed by atoms with Crippen molar-refractivity contribution in [2.24, 2.45) is 5.10 Å². The van der Waals surface area contributed by atoms with Gasteiger partial charge in [-0.05, 0) is 75.8 Å². The van der Waals surface area contributed by atoms with Crippen LogP contribution in [0.2, 0.25) is 0 Å². The molecule has 2 N–H and O–H groups in total. The fraction of sp³-hybridized carbons (Fsp3) is 0.321. The topological polar surface area (TPSA) is 91.2 Å². The van der Waals surface area contributed by atoms with Crippen LogP contribution in [0.4, 0.5) is 0 Å². The Labute approximate surface area is 205 Å². The first-order valence-electron chi connectivity index (χ1n) is 11.9. The smallest absolute Gasteiger partial charge is 0.271 e. The number of hydrogen-bond donors (Lipinski definition) is 2. The van der Waals surface area contributed by atoms with Gasteiger partial charge in [0.1, 0.15) is 11.5 Å². The van der Waals surface area contributed by atoms with Gasteiger partial charge in [-0.15, -0.1) is 0 Å². The van der Waals surface area contributed by atoms with Gasteiger partial charge in [-0.2, -0.15) is 5.10 Å². The summed E-state index contributed by atoms with van der Waals surface area (Å²) in [5.41, 5.74) is 3.97. The van der Waals surface area contributed by atoms with Crippen LogP contribution >= 0.6 is 0 Å². The van der Waals surface area contributed by atoms with E-state index in [1.165, 1.54) is 0 Å². The van der Waals surface area contributed by atoms with Crippen molar-refractivity contribution >= 4 is 28.3 Å². The standard InChI is InChI=1S/C28H31N3O4/c1-18-7-6-8-19(2)31(18)26(32)17-35-23-14-11-22(12-15-23)28(34)30-29-20(3)24-16-13-21-9-4-5-10-25(21)27(24)33/h4-5,9-16,18-19,33H,6-8,17H2,1-3H3,(H,30,34)/b29-20-. The van der Waals surface area contributed by atoms with Crippen molar-refractivity contribution in [3.8, 4) is 11.5 Å². The van der Waals surface area contributed by atoms with Gasteiger partial charge in [0.2, 0.25) is 0 Å². The van der Waals surface area contributed by atoms with Crippen LogP contribution in [0.3, 0.4) is 0 Å². The van der Waals surface area contributed by atoms with Crippen LogP contribution in [-0.2, 0) is 4.79 Å².